The first-order valence-electron chi connectivity index (χ1n) is 7.05. The molecule has 2 aromatic heterocycles. The molecule has 0 unspecified atom stereocenters. The van der Waals surface area contributed by atoms with Gasteiger partial charge in [0.15, 0.2) is 5.96 Å². The third-order valence-electron chi connectivity index (χ3n) is 2.52. The Kier molecular flexibility index (Phi) is 4.93. The normalized spacial score (nSPS) is 12.0. The van der Waals surface area contributed by atoms with Crippen molar-refractivity contribution >= 4 is 11.8 Å². The number of hydrogen-bond acceptors (Lipinski definition) is 4. The minimum absolute atomic E-state index is 0.283. The Bertz CT molecular complexity index is 634. The van der Waals surface area contributed by atoms with Gasteiger partial charge >= 0.3 is 0 Å². The van der Waals surface area contributed by atoms with Crippen molar-refractivity contribution in [1.29, 1.82) is 0 Å². The number of aromatic nitrogens is 2. The summed E-state index contributed by atoms with van der Waals surface area (Å²) in [5.74, 6) is 1.53. The molecule has 0 radical (unpaired) electrons. The average molecular weight is 299 g/mol. The third-order valence-corrected chi connectivity index (χ3v) is 2.52. The van der Waals surface area contributed by atoms with E-state index in [-0.39, 0.29) is 5.60 Å². The van der Waals surface area contributed by atoms with Crippen molar-refractivity contribution in [3.8, 4) is 5.88 Å². The van der Waals surface area contributed by atoms with E-state index in [1.165, 1.54) is 0 Å². The van der Waals surface area contributed by atoms with E-state index >= 15 is 0 Å². The van der Waals surface area contributed by atoms with Crippen molar-refractivity contribution in [3.05, 3.63) is 48.3 Å². The molecule has 0 spiro atoms. The summed E-state index contributed by atoms with van der Waals surface area (Å²) in [5, 5.41) is 2.92. The van der Waals surface area contributed by atoms with Crippen molar-refractivity contribution in [2.75, 3.05) is 5.32 Å². The first kappa shape index (κ1) is 15.8. The molecule has 0 atom stereocenters. The second kappa shape index (κ2) is 6.89. The van der Waals surface area contributed by atoms with Crippen LogP contribution in [0.5, 0.6) is 5.88 Å². The molecule has 0 aliphatic rings. The molecule has 116 valence electrons. The van der Waals surface area contributed by atoms with Crippen molar-refractivity contribution < 1.29 is 4.74 Å². The minimum atomic E-state index is -0.283. The zero-order valence-corrected chi connectivity index (χ0v) is 13.1. The molecule has 0 saturated heterocycles. The largest absolute Gasteiger partial charge is 0.472 e. The maximum Gasteiger partial charge on any atom is 0.214 e. The Morgan fingerprint density at radius 2 is 2.05 bits per heavy atom. The van der Waals surface area contributed by atoms with Gasteiger partial charge in [0.05, 0.1) is 12.2 Å². The van der Waals surface area contributed by atoms with Gasteiger partial charge in [-0.25, -0.2) is 15.0 Å². The van der Waals surface area contributed by atoms with Gasteiger partial charge in [0, 0.05) is 12.3 Å². The van der Waals surface area contributed by atoms with Crippen LogP contribution in [0.3, 0.4) is 0 Å². The van der Waals surface area contributed by atoms with Gasteiger partial charge in [0.1, 0.15) is 11.4 Å². The quantitative estimate of drug-likeness (QED) is 0.669. The Hall–Kier alpha value is -2.63. The van der Waals surface area contributed by atoms with E-state index in [1.54, 1.807) is 6.20 Å². The van der Waals surface area contributed by atoms with E-state index in [1.807, 2.05) is 57.2 Å². The van der Waals surface area contributed by atoms with E-state index in [4.69, 9.17) is 10.5 Å². The molecule has 22 heavy (non-hydrogen) atoms. The van der Waals surface area contributed by atoms with Crippen molar-refractivity contribution in [3.63, 3.8) is 0 Å². The fourth-order valence-corrected chi connectivity index (χ4v) is 1.69. The van der Waals surface area contributed by atoms with Crippen LogP contribution in [0.4, 0.5) is 5.82 Å². The smallest absolute Gasteiger partial charge is 0.214 e. The Labute approximate surface area is 130 Å². The predicted molar refractivity (Wildman–Crippen MR) is 87.8 cm³/mol. The Morgan fingerprint density at radius 1 is 1.23 bits per heavy atom. The summed E-state index contributed by atoms with van der Waals surface area (Å²) in [4.78, 5) is 12.8. The number of hydrogen-bond donors (Lipinski definition) is 2. The summed E-state index contributed by atoms with van der Waals surface area (Å²) in [6.45, 7) is 6.31. The molecule has 0 bridgehead atoms. The van der Waals surface area contributed by atoms with E-state index in [0.29, 0.717) is 24.2 Å². The van der Waals surface area contributed by atoms with Gasteiger partial charge in [-0.2, -0.15) is 0 Å². The van der Waals surface area contributed by atoms with Gasteiger partial charge in [0.2, 0.25) is 5.88 Å². The number of guanidine groups is 1. The van der Waals surface area contributed by atoms with Crippen LogP contribution in [0, 0.1) is 0 Å². The van der Waals surface area contributed by atoms with E-state index in [9.17, 15) is 0 Å². The number of aliphatic imine (C=N–C) groups is 1. The monoisotopic (exact) mass is 299 g/mol. The SMILES string of the molecule is CC(C)(C)Oc1cccc(CN=C(N)Nc2ccccn2)n1. The molecule has 0 aromatic carbocycles. The first-order chi connectivity index (χ1) is 10.4. The summed E-state index contributed by atoms with van der Waals surface area (Å²) in [6, 6.07) is 11.1. The molecule has 0 aliphatic heterocycles. The summed E-state index contributed by atoms with van der Waals surface area (Å²) < 4.78 is 5.73. The standard InChI is InChI=1S/C16H21N5O/c1-16(2,3)22-14-9-6-7-12(20-14)11-19-15(17)21-13-8-4-5-10-18-13/h4-10H,11H2,1-3H3,(H3,17,18,19,21). The molecule has 3 N–H and O–H groups in total. The van der Waals surface area contributed by atoms with Crippen LogP contribution in [0.1, 0.15) is 26.5 Å². The molecule has 2 heterocycles. The Balaban J connectivity index is 1.98. The molecular formula is C16H21N5O. The number of ether oxygens (including phenoxy) is 1. The van der Waals surface area contributed by atoms with E-state index in [2.05, 4.69) is 20.3 Å². The van der Waals surface area contributed by atoms with Gasteiger partial charge in [0.25, 0.3) is 0 Å². The van der Waals surface area contributed by atoms with Crippen LogP contribution in [0.25, 0.3) is 0 Å². The second-order valence-electron chi connectivity index (χ2n) is 5.72. The number of rotatable bonds is 4. The lowest BCUT2D eigenvalue weighted by Crippen LogP contribution is -2.24. The van der Waals surface area contributed by atoms with Gasteiger partial charge in [-0.3, -0.25) is 0 Å². The zero-order valence-electron chi connectivity index (χ0n) is 13.1. The summed E-state index contributed by atoms with van der Waals surface area (Å²) in [5.41, 5.74) is 6.33. The topological polar surface area (TPSA) is 85.4 Å². The van der Waals surface area contributed by atoms with Crippen LogP contribution in [0.2, 0.25) is 0 Å². The number of nitrogens with one attached hydrogen (secondary N) is 1. The maximum absolute atomic E-state index is 5.83. The number of pyridine rings is 2. The van der Waals surface area contributed by atoms with E-state index in [0.717, 1.165) is 5.69 Å². The average Bonchev–Trinajstić information content (AvgIpc) is 2.45. The molecule has 0 aliphatic carbocycles. The maximum atomic E-state index is 5.83. The second-order valence-corrected chi connectivity index (χ2v) is 5.72. The van der Waals surface area contributed by atoms with Gasteiger partial charge in [-0.05, 0) is 39.0 Å². The highest BCUT2D eigenvalue weighted by Crippen LogP contribution is 2.15. The molecule has 2 aromatic rings. The van der Waals surface area contributed by atoms with Gasteiger partial charge in [-0.1, -0.05) is 12.1 Å². The van der Waals surface area contributed by atoms with Crippen LogP contribution >= 0.6 is 0 Å². The summed E-state index contributed by atoms with van der Waals surface area (Å²) >= 11 is 0. The Morgan fingerprint density at radius 3 is 2.73 bits per heavy atom. The van der Waals surface area contributed by atoms with Gasteiger partial charge in [-0.15, -0.1) is 0 Å². The van der Waals surface area contributed by atoms with Crippen molar-refractivity contribution in [1.82, 2.24) is 9.97 Å². The van der Waals surface area contributed by atoms with E-state index < -0.39 is 0 Å². The molecule has 2 rings (SSSR count). The molecule has 6 heteroatoms. The lowest BCUT2D eigenvalue weighted by Gasteiger charge is -2.20. The minimum Gasteiger partial charge on any atom is -0.472 e. The van der Waals surface area contributed by atoms with Crippen molar-refractivity contribution in [2.24, 2.45) is 10.7 Å². The highest BCUT2D eigenvalue weighted by Gasteiger charge is 2.12. The highest BCUT2D eigenvalue weighted by molar-refractivity contribution is 5.91. The number of anilines is 1. The van der Waals surface area contributed by atoms with Gasteiger partial charge < -0.3 is 15.8 Å². The summed E-state index contributed by atoms with van der Waals surface area (Å²) in [6.07, 6.45) is 1.68. The predicted octanol–water partition coefficient (Wildman–Crippen LogP) is 2.58. The molecule has 0 saturated carbocycles. The zero-order chi connectivity index (χ0) is 16.0. The fourth-order valence-electron chi connectivity index (χ4n) is 1.69. The molecule has 0 amide bonds. The number of nitrogens with two attached hydrogens (primary N) is 1. The van der Waals surface area contributed by atoms with Crippen LogP contribution in [0.15, 0.2) is 47.6 Å². The lowest BCUT2D eigenvalue weighted by molar-refractivity contribution is 0.124. The van der Waals surface area contributed by atoms with Crippen LogP contribution < -0.4 is 15.8 Å². The highest BCUT2D eigenvalue weighted by atomic mass is 16.5. The number of nitrogens with zero attached hydrogens (tertiary/aromatic N) is 3. The summed E-state index contributed by atoms with van der Waals surface area (Å²) in [7, 11) is 0. The van der Waals surface area contributed by atoms with Crippen LogP contribution in [-0.2, 0) is 6.54 Å². The fraction of sp³-hybridized carbons (Fsp3) is 0.312. The molecule has 0 fully saturated rings. The molecule has 6 nitrogen and oxygen atoms in total. The van der Waals surface area contributed by atoms with Crippen LogP contribution in [-0.4, -0.2) is 21.5 Å². The molecular weight excluding hydrogens is 278 g/mol. The third kappa shape index (κ3) is 5.40. The first-order valence-corrected chi connectivity index (χ1v) is 7.05. The lowest BCUT2D eigenvalue weighted by atomic mass is 10.2. The van der Waals surface area contributed by atoms with Crippen molar-refractivity contribution in [2.45, 2.75) is 32.9 Å².